The van der Waals surface area contributed by atoms with Crippen LogP contribution in [0.4, 0.5) is 5.69 Å². The third-order valence-electron chi connectivity index (χ3n) is 5.89. The molecule has 1 aromatic heterocycles. The van der Waals surface area contributed by atoms with Gasteiger partial charge in [-0.1, -0.05) is 30.7 Å². The number of hydrogen-bond acceptors (Lipinski definition) is 6. The van der Waals surface area contributed by atoms with Crippen LogP contribution < -0.4 is 9.04 Å². The lowest BCUT2D eigenvalue weighted by Gasteiger charge is -2.35. The number of fused-ring (bicyclic) bond motifs is 2. The van der Waals surface area contributed by atoms with Crippen molar-refractivity contribution in [2.75, 3.05) is 10.8 Å². The van der Waals surface area contributed by atoms with Gasteiger partial charge in [-0.2, -0.15) is 0 Å². The SMILES string of the molecule is CC[C@@H]1CN(S(=O)(=O)c2ccc(CN3C(=O)c4cccnc4C3=O)cc2)c2cc(Cl)ccc2O1. The Labute approximate surface area is 201 Å². The van der Waals surface area contributed by atoms with Crippen molar-refractivity contribution in [1.82, 2.24) is 9.88 Å². The quantitative estimate of drug-likeness (QED) is 0.496. The van der Waals surface area contributed by atoms with Crippen molar-refractivity contribution >= 4 is 39.1 Å². The molecule has 0 aliphatic carbocycles. The summed E-state index contributed by atoms with van der Waals surface area (Å²) in [5, 5.41) is 0.406. The summed E-state index contributed by atoms with van der Waals surface area (Å²) < 4.78 is 34.3. The van der Waals surface area contributed by atoms with Crippen LogP contribution in [-0.2, 0) is 16.6 Å². The van der Waals surface area contributed by atoms with E-state index in [0.29, 0.717) is 28.4 Å². The zero-order valence-electron chi connectivity index (χ0n) is 18.1. The summed E-state index contributed by atoms with van der Waals surface area (Å²) >= 11 is 6.13. The zero-order valence-corrected chi connectivity index (χ0v) is 19.7. The number of aromatic nitrogens is 1. The average molecular weight is 498 g/mol. The van der Waals surface area contributed by atoms with Crippen LogP contribution in [0.25, 0.3) is 0 Å². The molecule has 34 heavy (non-hydrogen) atoms. The van der Waals surface area contributed by atoms with Crippen LogP contribution in [0.5, 0.6) is 5.75 Å². The molecule has 2 aliphatic heterocycles. The number of pyridine rings is 1. The van der Waals surface area contributed by atoms with Gasteiger partial charge < -0.3 is 4.74 Å². The van der Waals surface area contributed by atoms with Crippen LogP contribution in [0.15, 0.2) is 65.7 Å². The molecule has 3 heterocycles. The summed E-state index contributed by atoms with van der Waals surface area (Å²) in [5.74, 6) is -0.427. The number of halogens is 1. The van der Waals surface area contributed by atoms with Crippen molar-refractivity contribution in [3.05, 3.63) is 82.6 Å². The van der Waals surface area contributed by atoms with Crippen LogP contribution in [0, 0.1) is 0 Å². The monoisotopic (exact) mass is 497 g/mol. The minimum absolute atomic E-state index is 0.0161. The molecule has 0 saturated carbocycles. The van der Waals surface area contributed by atoms with E-state index in [1.807, 2.05) is 6.92 Å². The van der Waals surface area contributed by atoms with E-state index >= 15 is 0 Å². The van der Waals surface area contributed by atoms with Gasteiger partial charge >= 0.3 is 0 Å². The van der Waals surface area contributed by atoms with Gasteiger partial charge in [0.15, 0.2) is 0 Å². The first-order valence-corrected chi connectivity index (χ1v) is 12.5. The summed E-state index contributed by atoms with van der Waals surface area (Å²) in [4.78, 5) is 30.3. The number of rotatable bonds is 5. The minimum atomic E-state index is -3.91. The number of benzene rings is 2. The minimum Gasteiger partial charge on any atom is -0.486 e. The van der Waals surface area contributed by atoms with Crippen molar-refractivity contribution in [3.63, 3.8) is 0 Å². The van der Waals surface area contributed by atoms with Crippen LogP contribution in [0.2, 0.25) is 5.02 Å². The molecule has 174 valence electrons. The molecule has 5 rings (SSSR count). The van der Waals surface area contributed by atoms with Gasteiger partial charge in [0.1, 0.15) is 17.5 Å². The van der Waals surface area contributed by atoms with Gasteiger partial charge in [0.05, 0.1) is 29.2 Å². The fourth-order valence-corrected chi connectivity index (χ4v) is 5.72. The topological polar surface area (TPSA) is 96.9 Å². The highest BCUT2D eigenvalue weighted by atomic mass is 35.5. The zero-order chi connectivity index (χ0) is 24.0. The lowest BCUT2D eigenvalue weighted by Crippen LogP contribution is -2.43. The lowest BCUT2D eigenvalue weighted by molar-refractivity contribution is 0.0640. The first kappa shape index (κ1) is 22.4. The van der Waals surface area contributed by atoms with Crippen LogP contribution >= 0.6 is 11.6 Å². The number of hydrogen-bond donors (Lipinski definition) is 0. The molecule has 0 unspecified atom stereocenters. The maximum absolute atomic E-state index is 13.5. The summed E-state index contributed by atoms with van der Waals surface area (Å²) in [7, 11) is -3.91. The number of amides is 2. The Balaban J connectivity index is 1.41. The molecule has 2 aromatic carbocycles. The molecule has 0 spiro atoms. The normalized spacial score (nSPS) is 17.4. The Morgan fingerprint density at radius 2 is 1.85 bits per heavy atom. The molecule has 1 atom stereocenters. The molecule has 0 bridgehead atoms. The second kappa shape index (κ2) is 8.41. The van der Waals surface area contributed by atoms with E-state index in [1.165, 1.54) is 22.6 Å². The van der Waals surface area contributed by atoms with E-state index in [9.17, 15) is 18.0 Å². The molecule has 8 nitrogen and oxygen atoms in total. The Bertz CT molecular complexity index is 1370. The fourth-order valence-electron chi connectivity index (χ4n) is 4.06. The van der Waals surface area contributed by atoms with Gasteiger partial charge in [0.2, 0.25) is 0 Å². The van der Waals surface area contributed by atoms with Crippen molar-refractivity contribution in [3.8, 4) is 5.75 Å². The number of ether oxygens (including phenoxy) is 1. The molecule has 3 aromatic rings. The van der Waals surface area contributed by atoms with Crippen molar-refractivity contribution in [2.24, 2.45) is 0 Å². The van der Waals surface area contributed by atoms with Crippen molar-refractivity contribution < 1.29 is 22.7 Å². The maximum atomic E-state index is 13.5. The van der Waals surface area contributed by atoms with Gasteiger partial charge in [0, 0.05) is 11.2 Å². The van der Waals surface area contributed by atoms with Gasteiger partial charge in [-0.05, 0) is 54.4 Å². The van der Waals surface area contributed by atoms with E-state index < -0.39 is 21.8 Å². The second-order valence-electron chi connectivity index (χ2n) is 8.04. The summed E-state index contributed by atoms with van der Waals surface area (Å²) in [6.45, 7) is 2.11. The number of carbonyl (C=O) groups is 2. The summed E-state index contributed by atoms with van der Waals surface area (Å²) in [6, 6.07) is 14.2. The molecule has 10 heteroatoms. The van der Waals surface area contributed by atoms with Crippen LogP contribution in [-0.4, -0.2) is 42.8 Å². The van der Waals surface area contributed by atoms with Gasteiger partial charge in [-0.15, -0.1) is 0 Å². The van der Waals surface area contributed by atoms with E-state index in [1.54, 1.807) is 42.5 Å². The van der Waals surface area contributed by atoms with Crippen LogP contribution in [0.3, 0.4) is 0 Å². The standard InChI is InChI=1S/C24H20ClN3O5S/c1-2-17-14-28(20-12-16(25)7-10-21(20)33-17)34(31,32)18-8-5-15(6-9-18)13-27-23(29)19-4-3-11-26-22(19)24(27)30/h3-12,17H,2,13-14H2,1H3/t17-/m1/s1. The molecule has 0 fully saturated rings. The Kier molecular flexibility index (Phi) is 5.53. The number of imide groups is 1. The van der Waals surface area contributed by atoms with E-state index in [4.69, 9.17) is 16.3 Å². The highest BCUT2D eigenvalue weighted by molar-refractivity contribution is 7.92. The van der Waals surface area contributed by atoms with Crippen LogP contribution in [0.1, 0.15) is 39.8 Å². The average Bonchev–Trinajstić information content (AvgIpc) is 3.08. The maximum Gasteiger partial charge on any atom is 0.280 e. The number of carbonyl (C=O) groups excluding carboxylic acids is 2. The molecule has 0 saturated heterocycles. The highest BCUT2D eigenvalue weighted by Crippen LogP contribution is 2.39. The summed E-state index contributed by atoms with van der Waals surface area (Å²) in [6.07, 6.45) is 1.82. The van der Waals surface area contributed by atoms with E-state index in [2.05, 4.69) is 4.98 Å². The number of sulfonamides is 1. The molecule has 2 aliphatic rings. The van der Waals surface area contributed by atoms with Crippen molar-refractivity contribution in [1.29, 1.82) is 0 Å². The smallest absolute Gasteiger partial charge is 0.280 e. The van der Waals surface area contributed by atoms with Gasteiger partial charge in [0.25, 0.3) is 21.8 Å². The molecular formula is C24H20ClN3O5S. The Hall–Kier alpha value is -3.43. The molecular weight excluding hydrogens is 478 g/mol. The van der Waals surface area contributed by atoms with Crippen molar-refractivity contribution in [2.45, 2.75) is 30.9 Å². The van der Waals surface area contributed by atoms with Gasteiger partial charge in [-0.3, -0.25) is 23.8 Å². The van der Waals surface area contributed by atoms with E-state index in [0.717, 1.165) is 4.90 Å². The van der Waals surface area contributed by atoms with E-state index in [-0.39, 0.29) is 35.3 Å². The van der Waals surface area contributed by atoms with Gasteiger partial charge in [-0.25, -0.2) is 8.42 Å². The first-order valence-electron chi connectivity index (χ1n) is 10.7. The number of nitrogens with zero attached hydrogens (tertiary/aromatic N) is 3. The third-order valence-corrected chi connectivity index (χ3v) is 7.92. The largest absolute Gasteiger partial charge is 0.486 e. The lowest BCUT2D eigenvalue weighted by atomic mass is 10.2. The molecule has 0 radical (unpaired) electrons. The predicted molar refractivity (Wildman–Crippen MR) is 126 cm³/mol. The second-order valence-corrected chi connectivity index (χ2v) is 10.3. The molecule has 2 amide bonds. The fraction of sp³-hybridized carbons (Fsp3) is 0.208. The summed E-state index contributed by atoms with van der Waals surface area (Å²) in [5.41, 5.74) is 1.40. The Morgan fingerprint density at radius 1 is 1.09 bits per heavy atom. The predicted octanol–water partition coefficient (Wildman–Crippen LogP) is 3.90. The highest BCUT2D eigenvalue weighted by Gasteiger charge is 2.37. The first-order chi connectivity index (χ1) is 16.3. The Morgan fingerprint density at radius 3 is 2.56 bits per heavy atom. The third kappa shape index (κ3) is 3.70. The molecule has 0 N–H and O–H groups in total. The number of anilines is 1.